The zero-order chi connectivity index (χ0) is 9.71. The standard InChI is InChI=1S/C11H18N2O/c1-7-4-9(7)11(14)13-3-2-8-5-12-6-10(8)13/h7-10,12H,2-6H2,1H3/t7?,8-,9?,10+/m1/s1. The van der Waals surface area contributed by atoms with Gasteiger partial charge in [-0.25, -0.2) is 0 Å². The highest BCUT2D eigenvalue weighted by atomic mass is 16.2. The number of rotatable bonds is 1. The lowest BCUT2D eigenvalue weighted by Gasteiger charge is -2.23. The van der Waals surface area contributed by atoms with E-state index in [4.69, 9.17) is 0 Å². The molecule has 2 unspecified atom stereocenters. The van der Waals surface area contributed by atoms with Gasteiger partial charge in [0, 0.05) is 31.6 Å². The summed E-state index contributed by atoms with van der Waals surface area (Å²) in [6, 6.07) is 0.523. The average Bonchev–Trinajstić information content (AvgIpc) is 2.64. The number of nitrogens with one attached hydrogen (secondary N) is 1. The van der Waals surface area contributed by atoms with Gasteiger partial charge in [-0.2, -0.15) is 0 Å². The van der Waals surface area contributed by atoms with E-state index in [9.17, 15) is 4.79 Å². The molecule has 0 radical (unpaired) electrons. The lowest BCUT2D eigenvalue weighted by molar-refractivity contribution is -0.133. The van der Waals surface area contributed by atoms with Crippen LogP contribution in [0.4, 0.5) is 0 Å². The molecule has 3 heteroatoms. The minimum Gasteiger partial charge on any atom is -0.338 e. The summed E-state index contributed by atoms with van der Waals surface area (Å²) in [4.78, 5) is 14.2. The summed E-state index contributed by atoms with van der Waals surface area (Å²) in [5, 5.41) is 3.39. The van der Waals surface area contributed by atoms with Gasteiger partial charge < -0.3 is 10.2 Å². The minimum absolute atomic E-state index is 0.370. The first-order valence-corrected chi connectivity index (χ1v) is 5.78. The number of hydrogen-bond acceptors (Lipinski definition) is 2. The lowest BCUT2D eigenvalue weighted by atomic mass is 10.1. The van der Waals surface area contributed by atoms with Gasteiger partial charge in [-0.15, -0.1) is 0 Å². The minimum atomic E-state index is 0.370. The van der Waals surface area contributed by atoms with Gasteiger partial charge in [0.05, 0.1) is 0 Å². The molecule has 0 aromatic carbocycles. The molecule has 14 heavy (non-hydrogen) atoms. The van der Waals surface area contributed by atoms with Crippen molar-refractivity contribution in [3.8, 4) is 0 Å². The maximum absolute atomic E-state index is 12.1. The van der Waals surface area contributed by atoms with Crippen molar-refractivity contribution in [1.29, 1.82) is 0 Å². The van der Waals surface area contributed by atoms with Crippen LogP contribution < -0.4 is 5.32 Å². The van der Waals surface area contributed by atoms with Crippen LogP contribution in [0.1, 0.15) is 19.8 Å². The second-order valence-electron chi connectivity index (χ2n) is 5.13. The number of nitrogens with zero attached hydrogens (tertiary/aromatic N) is 1. The molecule has 2 saturated heterocycles. The highest BCUT2D eigenvalue weighted by Crippen LogP contribution is 2.41. The largest absolute Gasteiger partial charge is 0.338 e. The third-order valence-electron chi connectivity index (χ3n) is 4.16. The fourth-order valence-corrected chi connectivity index (χ4v) is 3.00. The molecule has 3 aliphatic rings. The van der Waals surface area contributed by atoms with Crippen LogP contribution in [0.25, 0.3) is 0 Å². The summed E-state index contributed by atoms with van der Waals surface area (Å²) < 4.78 is 0. The number of fused-ring (bicyclic) bond motifs is 1. The predicted octanol–water partition coefficient (Wildman–Crippen LogP) is 0.463. The van der Waals surface area contributed by atoms with E-state index in [0.717, 1.165) is 32.0 Å². The molecule has 1 aliphatic carbocycles. The maximum Gasteiger partial charge on any atom is 0.226 e. The Hall–Kier alpha value is -0.570. The molecule has 2 heterocycles. The van der Waals surface area contributed by atoms with E-state index < -0.39 is 0 Å². The first-order valence-electron chi connectivity index (χ1n) is 5.78. The topological polar surface area (TPSA) is 32.3 Å². The number of carbonyl (C=O) groups is 1. The van der Waals surface area contributed by atoms with E-state index in [-0.39, 0.29) is 0 Å². The van der Waals surface area contributed by atoms with E-state index in [1.807, 2.05) is 0 Å². The molecule has 3 nitrogen and oxygen atoms in total. The van der Waals surface area contributed by atoms with Crippen molar-refractivity contribution in [2.24, 2.45) is 17.8 Å². The van der Waals surface area contributed by atoms with Crippen LogP contribution in [0.15, 0.2) is 0 Å². The fraction of sp³-hybridized carbons (Fsp3) is 0.909. The van der Waals surface area contributed by atoms with Crippen molar-refractivity contribution in [2.45, 2.75) is 25.8 Å². The molecular weight excluding hydrogens is 176 g/mol. The highest BCUT2D eigenvalue weighted by Gasteiger charge is 2.47. The third-order valence-corrected chi connectivity index (χ3v) is 4.16. The van der Waals surface area contributed by atoms with Crippen LogP contribution in [-0.4, -0.2) is 36.5 Å². The molecule has 4 atom stereocenters. The quantitative estimate of drug-likeness (QED) is 0.658. The van der Waals surface area contributed by atoms with Gasteiger partial charge in [-0.3, -0.25) is 4.79 Å². The summed E-state index contributed by atoms with van der Waals surface area (Å²) in [7, 11) is 0. The molecule has 0 aromatic heterocycles. The molecule has 2 aliphatic heterocycles. The van der Waals surface area contributed by atoms with Gasteiger partial charge in [-0.05, 0) is 24.7 Å². The van der Waals surface area contributed by atoms with Gasteiger partial charge >= 0.3 is 0 Å². The van der Waals surface area contributed by atoms with Crippen LogP contribution in [0.5, 0.6) is 0 Å². The number of likely N-dealkylation sites (tertiary alicyclic amines) is 1. The van der Waals surface area contributed by atoms with Crippen LogP contribution in [0.3, 0.4) is 0 Å². The van der Waals surface area contributed by atoms with Gasteiger partial charge in [0.25, 0.3) is 0 Å². The van der Waals surface area contributed by atoms with Gasteiger partial charge in [0.1, 0.15) is 0 Å². The first kappa shape index (κ1) is 8.72. The molecule has 0 spiro atoms. The Bertz CT molecular complexity index is 266. The van der Waals surface area contributed by atoms with Crippen molar-refractivity contribution in [2.75, 3.05) is 19.6 Å². The van der Waals surface area contributed by atoms with Gasteiger partial charge in [0.2, 0.25) is 5.91 Å². The van der Waals surface area contributed by atoms with Crippen LogP contribution in [0, 0.1) is 17.8 Å². The van der Waals surface area contributed by atoms with E-state index in [1.165, 1.54) is 6.42 Å². The van der Waals surface area contributed by atoms with Crippen molar-refractivity contribution >= 4 is 5.91 Å². The van der Waals surface area contributed by atoms with E-state index in [1.54, 1.807) is 0 Å². The number of amides is 1. The second-order valence-corrected chi connectivity index (χ2v) is 5.13. The average molecular weight is 194 g/mol. The monoisotopic (exact) mass is 194 g/mol. The van der Waals surface area contributed by atoms with Crippen molar-refractivity contribution < 1.29 is 4.79 Å². The summed E-state index contributed by atoms with van der Waals surface area (Å²) >= 11 is 0. The van der Waals surface area contributed by atoms with E-state index in [2.05, 4.69) is 17.1 Å². The number of hydrogen-bond donors (Lipinski definition) is 1. The summed E-state index contributed by atoms with van der Waals surface area (Å²) in [5.74, 6) is 2.20. The van der Waals surface area contributed by atoms with E-state index >= 15 is 0 Å². The normalized spacial score (nSPS) is 45.4. The molecule has 1 N–H and O–H groups in total. The smallest absolute Gasteiger partial charge is 0.226 e. The molecule has 3 fully saturated rings. The SMILES string of the molecule is CC1CC1C(=O)N1CC[C@@H]2CNC[C@@H]21. The molecule has 3 rings (SSSR count). The summed E-state index contributed by atoms with van der Waals surface area (Å²) in [6.45, 7) is 5.34. The van der Waals surface area contributed by atoms with Gasteiger partial charge in [-0.1, -0.05) is 6.92 Å². The van der Waals surface area contributed by atoms with Crippen LogP contribution >= 0.6 is 0 Å². The first-order chi connectivity index (χ1) is 6.77. The Morgan fingerprint density at radius 2 is 2.21 bits per heavy atom. The Morgan fingerprint density at radius 1 is 1.43 bits per heavy atom. The van der Waals surface area contributed by atoms with Crippen LogP contribution in [-0.2, 0) is 4.79 Å². The zero-order valence-corrected chi connectivity index (χ0v) is 8.70. The molecule has 0 bridgehead atoms. The molecule has 1 saturated carbocycles. The zero-order valence-electron chi connectivity index (χ0n) is 8.70. The Morgan fingerprint density at radius 3 is 2.93 bits per heavy atom. The molecule has 0 aromatic rings. The Balaban J connectivity index is 1.70. The molecule has 78 valence electrons. The molecule has 1 amide bonds. The summed E-state index contributed by atoms with van der Waals surface area (Å²) in [5.41, 5.74) is 0. The summed E-state index contributed by atoms with van der Waals surface area (Å²) in [6.07, 6.45) is 2.34. The van der Waals surface area contributed by atoms with E-state index in [0.29, 0.717) is 23.8 Å². The number of carbonyl (C=O) groups excluding carboxylic acids is 1. The predicted molar refractivity (Wildman–Crippen MR) is 53.7 cm³/mol. The second kappa shape index (κ2) is 2.96. The maximum atomic E-state index is 12.1. The third kappa shape index (κ3) is 1.18. The van der Waals surface area contributed by atoms with Crippen molar-refractivity contribution in [1.82, 2.24) is 10.2 Å². The lowest BCUT2D eigenvalue weighted by Crippen LogP contribution is -2.40. The van der Waals surface area contributed by atoms with Gasteiger partial charge in [0.15, 0.2) is 0 Å². The Labute approximate surface area is 84.8 Å². The van der Waals surface area contributed by atoms with Crippen LogP contribution in [0.2, 0.25) is 0 Å². The fourth-order valence-electron chi connectivity index (χ4n) is 3.00. The van der Waals surface area contributed by atoms with Crippen molar-refractivity contribution in [3.05, 3.63) is 0 Å². The molecular formula is C11H18N2O. The highest BCUT2D eigenvalue weighted by molar-refractivity contribution is 5.82. The Kier molecular flexibility index (Phi) is 1.84. The van der Waals surface area contributed by atoms with Crippen molar-refractivity contribution in [3.63, 3.8) is 0 Å².